The van der Waals surface area contributed by atoms with Gasteiger partial charge in [-0.3, -0.25) is 0 Å². The van der Waals surface area contributed by atoms with Crippen LogP contribution in [0.15, 0.2) is 127 Å². The number of fused-ring (bicyclic) bond motifs is 7. The van der Waals surface area contributed by atoms with Gasteiger partial charge in [0.1, 0.15) is 34.3 Å². The zero-order valence-electron chi connectivity index (χ0n) is 22.8. The van der Waals surface area contributed by atoms with E-state index in [-0.39, 0.29) is 11.5 Å². The minimum absolute atomic E-state index is 0.228. The average molecular weight is 581 g/mol. The first-order chi connectivity index (χ1) is 20.5. The molecular weight excluding hydrogens is 555 g/mol. The summed E-state index contributed by atoms with van der Waals surface area (Å²) in [6.07, 6.45) is 8.59. The van der Waals surface area contributed by atoms with Crippen molar-refractivity contribution in [1.82, 2.24) is 0 Å². The summed E-state index contributed by atoms with van der Waals surface area (Å²) < 4.78 is 19.4. The number of hydrogen-bond acceptors (Lipinski definition) is 4. The Balaban J connectivity index is 1.11. The predicted molar refractivity (Wildman–Crippen MR) is 174 cm³/mol. The highest BCUT2D eigenvalue weighted by molar-refractivity contribution is 8.26. The second kappa shape index (κ2) is 8.58. The first kappa shape index (κ1) is 24.2. The van der Waals surface area contributed by atoms with Crippen LogP contribution in [0.5, 0.6) is 28.7 Å². The molecule has 3 unspecified atom stereocenters. The van der Waals surface area contributed by atoms with Crippen molar-refractivity contribution >= 4 is 33.8 Å². The van der Waals surface area contributed by atoms with Crippen molar-refractivity contribution in [2.75, 3.05) is 0 Å². The normalized spacial score (nSPS) is 23.3. The second-order valence-electron chi connectivity index (χ2n) is 11.4. The lowest BCUT2D eigenvalue weighted by Crippen LogP contribution is -2.34. The van der Waals surface area contributed by atoms with E-state index in [9.17, 15) is 0 Å². The summed E-state index contributed by atoms with van der Waals surface area (Å²) in [7, 11) is 0. The van der Waals surface area contributed by atoms with Crippen LogP contribution in [-0.4, -0.2) is 5.60 Å². The van der Waals surface area contributed by atoms with Crippen molar-refractivity contribution in [2.45, 2.75) is 18.4 Å². The Morgan fingerprint density at radius 3 is 2.21 bits per heavy atom. The molecule has 0 saturated carbocycles. The third kappa shape index (κ3) is 3.25. The highest BCUT2D eigenvalue weighted by Crippen LogP contribution is 2.58. The number of benzene rings is 5. The molecule has 0 saturated heterocycles. The van der Waals surface area contributed by atoms with Gasteiger partial charge in [-0.05, 0) is 66.1 Å². The quantitative estimate of drug-likeness (QED) is 0.192. The molecule has 5 aromatic rings. The van der Waals surface area contributed by atoms with Gasteiger partial charge in [0.25, 0.3) is 0 Å². The summed E-state index contributed by atoms with van der Waals surface area (Å²) in [5, 5.41) is 3.17. The van der Waals surface area contributed by atoms with Crippen LogP contribution in [0.3, 0.4) is 0 Å². The number of allylic oxidation sites excluding steroid dienone is 2. The number of hydrogen-bond donors (Lipinski definition) is 0. The molecular formula is C37H25O3PS. The van der Waals surface area contributed by atoms with Crippen molar-refractivity contribution in [1.29, 1.82) is 0 Å². The molecule has 0 bridgehead atoms. The van der Waals surface area contributed by atoms with Gasteiger partial charge in [0.05, 0.1) is 11.3 Å². The predicted octanol–water partition coefficient (Wildman–Crippen LogP) is 8.35. The van der Waals surface area contributed by atoms with Gasteiger partial charge in [-0.2, -0.15) is 0 Å². The molecule has 4 aliphatic rings. The number of para-hydroxylation sites is 2. The van der Waals surface area contributed by atoms with E-state index >= 15 is 0 Å². The number of rotatable bonds is 2. The minimum atomic E-state index is -2.34. The van der Waals surface area contributed by atoms with E-state index in [4.69, 9.17) is 26.0 Å². The first-order valence-electron chi connectivity index (χ1n) is 14.2. The molecule has 42 heavy (non-hydrogen) atoms. The van der Waals surface area contributed by atoms with Crippen LogP contribution in [0.25, 0.3) is 22.3 Å². The first-order valence-corrected chi connectivity index (χ1v) is 17.0. The molecule has 0 N–H and O–H groups in total. The monoisotopic (exact) mass is 580 g/mol. The van der Waals surface area contributed by atoms with E-state index < -0.39 is 6.04 Å². The van der Waals surface area contributed by atoms with Crippen LogP contribution < -0.4 is 30.1 Å². The molecule has 0 fully saturated rings. The van der Waals surface area contributed by atoms with Gasteiger partial charge in [0, 0.05) is 27.7 Å². The summed E-state index contributed by atoms with van der Waals surface area (Å²) >= 11 is 6.61. The average Bonchev–Trinajstić information content (AvgIpc) is 3.33. The maximum absolute atomic E-state index is 6.61. The van der Waals surface area contributed by atoms with Gasteiger partial charge < -0.3 is 14.2 Å². The van der Waals surface area contributed by atoms with Crippen LogP contribution in [0.1, 0.15) is 18.4 Å². The zero-order chi connectivity index (χ0) is 28.1. The largest absolute Gasteiger partial charge is 0.482 e. The van der Waals surface area contributed by atoms with E-state index in [0.717, 1.165) is 66.9 Å². The third-order valence-corrected chi connectivity index (χ3v) is 13.8. The summed E-state index contributed by atoms with van der Waals surface area (Å²) in [5.74, 6) is 4.47. The Labute approximate surface area is 249 Å². The highest BCUT2D eigenvalue weighted by atomic mass is 32.4. The molecule has 3 heterocycles. The van der Waals surface area contributed by atoms with Gasteiger partial charge in [-0.1, -0.05) is 96.8 Å². The molecule has 0 radical (unpaired) electrons. The van der Waals surface area contributed by atoms with E-state index in [1.54, 1.807) is 0 Å². The molecule has 5 heteroatoms. The second-order valence-corrected chi connectivity index (χ2v) is 15.6. The Hall–Kier alpha value is -4.37. The van der Waals surface area contributed by atoms with Gasteiger partial charge in [-0.15, -0.1) is 0 Å². The highest BCUT2D eigenvalue weighted by Gasteiger charge is 2.44. The Morgan fingerprint density at radius 2 is 1.36 bits per heavy atom. The molecule has 0 amide bonds. The van der Waals surface area contributed by atoms with Gasteiger partial charge >= 0.3 is 0 Å². The molecule has 3 aliphatic heterocycles. The fourth-order valence-electron chi connectivity index (χ4n) is 6.85. The Kier molecular flexibility index (Phi) is 4.95. The van der Waals surface area contributed by atoms with Crippen LogP contribution >= 0.6 is 6.04 Å². The van der Waals surface area contributed by atoms with Crippen LogP contribution in [0.2, 0.25) is 0 Å². The van der Waals surface area contributed by atoms with Gasteiger partial charge in [-0.25, -0.2) is 0 Å². The standard InChI is InChI=1S/C37H25O3PS/c1-37-21-5-4-10-28(37)27-9-6-8-26(35(27)40-37)24-17-15-23(16-18-24)25-19-20-34-32(22-25)39-31-13-7-12-30-36(31)41(34,42)33-14-3-2-11-29(33)38-30/h2-22,28H,1H3. The van der Waals surface area contributed by atoms with Gasteiger partial charge in [0.15, 0.2) is 0 Å². The topological polar surface area (TPSA) is 27.7 Å². The lowest BCUT2D eigenvalue weighted by molar-refractivity contribution is 0.156. The van der Waals surface area contributed by atoms with Crippen molar-refractivity contribution in [2.24, 2.45) is 0 Å². The fraction of sp³-hybridized carbons (Fsp3) is 0.0811. The smallest absolute Gasteiger partial charge is 0.140 e. The maximum atomic E-state index is 6.61. The van der Waals surface area contributed by atoms with Crippen molar-refractivity contribution in [3.05, 3.63) is 133 Å². The van der Waals surface area contributed by atoms with E-state index in [0.29, 0.717) is 0 Å². The summed E-state index contributed by atoms with van der Waals surface area (Å²) in [5.41, 5.74) is 5.36. The van der Waals surface area contributed by atoms with Crippen LogP contribution in [0, 0.1) is 0 Å². The lowest BCUT2D eigenvalue weighted by Gasteiger charge is -2.37. The van der Waals surface area contributed by atoms with E-state index in [1.807, 2.05) is 36.4 Å². The number of ether oxygens (including phenoxy) is 3. The fourth-order valence-corrected chi connectivity index (χ4v) is 11.3. The summed E-state index contributed by atoms with van der Waals surface area (Å²) in [4.78, 5) is 0. The van der Waals surface area contributed by atoms with Crippen molar-refractivity contribution in [3.63, 3.8) is 0 Å². The van der Waals surface area contributed by atoms with Crippen LogP contribution in [0.4, 0.5) is 0 Å². The molecule has 9 rings (SSSR count). The molecule has 3 nitrogen and oxygen atoms in total. The zero-order valence-corrected chi connectivity index (χ0v) is 24.5. The Morgan fingerprint density at radius 1 is 0.667 bits per heavy atom. The third-order valence-electron chi connectivity index (χ3n) is 8.91. The van der Waals surface area contributed by atoms with E-state index in [1.165, 1.54) is 5.56 Å². The molecule has 5 aromatic carbocycles. The molecule has 202 valence electrons. The summed E-state index contributed by atoms with van der Waals surface area (Å²) in [6, 6.07) is 33.5. The summed E-state index contributed by atoms with van der Waals surface area (Å²) in [6.45, 7) is 2.16. The Bertz CT molecular complexity index is 2080. The molecule has 1 aliphatic carbocycles. The molecule has 3 atom stereocenters. The minimum Gasteiger partial charge on any atom is -0.482 e. The molecule has 0 aromatic heterocycles. The lowest BCUT2D eigenvalue weighted by atomic mass is 9.82. The van der Waals surface area contributed by atoms with Gasteiger partial charge in [0.2, 0.25) is 0 Å². The van der Waals surface area contributed by atoms with Crippen molar-refractivity contribution < 1.29 is 14.2 Å². The van der Waals surface area contributed by atoms with Crippen molar-refractivity contribution in [3.8, 4) is 51.0 Å². The molecule has 0 spiro atoms. The maximum Gasteiger partial charge on any atom is 0.140 e. The van der Waals surface area contributed by atoms with E-state index in [2.05, 4.69) is 98.0 Å². The van der Waals surface area contributed by atoms with Crippen LogP contribution in [-0.2, 0) is 11.8 Å². The SMILES string of the molecule is CC12C=CC=CC1c1cccc(-c3ccc(-c4ccc5c(c4)Oc4cccc6c4P5(=S)c4ccccc4O6)cc3)c1O2.